The highest BCUT2D eigenvalue weighted by Crippen LogP contribution is 2.18. The van der Waals surface area contributed by atoms with Crippen LogP contribution in [0.15, 0.2) is 35.9 Å². The van der Waals surface area contributed by atoms with Crippen LogP contribution in [0.4, 0.5) is 0 Å². The summed E-state index contributed by atoms with van der Waals surface area (Å²) in [7, 11) is 1.33. The summed E-state index contributed by atoms with van der Waals surface area (Å²) in [6.45, 7) is 0. The molecular weight excluding hydrogens is 278 g/mol. The standard InChI is InChI=1S/C18H23NO3/c1-22-18(21)15(12-14-8-4-2-5-9-14)13-17(20)19-16-10-6-3-7-11-16/h2,4-5,8-9,12,16H,3,6-7,10-11,13H2,1H3,(H,19,20)/b15-12+. The molecule has 0 bridgehead atoms. The molecule has 0 radical (unpaired) electrons. The average Bonchev–Trinajstić information content (AvgIpc) is 2.55. The molecule has 1 amide bonds. The van der Waals surface area contributed by atoms with Crippen LogP contribution in [0.25, 0.3) is 6.08 Å². The zero-order chi connectivity index (χ0) is 15.8. The first-order valence-corrected chi connectivity index (χ1v) is 7.82. The molecule has 0 saturated heterocycles. The van der Waals surface area contributed by atoms with Crippen LogP contribution in [0.2, 0.25) is 0 Å². The van der Waals surface area contributed by atoms with Gasteiger partial charge < -0.3 is 10.1 Å². The third kappa shape index (κ3) is 5.02. The van der Waals surface area contributed by atoms with Gasteiger partial charge in [-0.2, -0.15) is 0 Å². The Morgan fingerprint density at radius 1 is 1.18 bits per heavy atom. The first-order valence-electron chi connectivity index (χ1n) is 7.82. The molecule has 0 aromatic heterocycles. The fourth-order valence-corrected chi connectivity index (χ4v) is 2.76. The van der Waals surface area contributed by atoms with Crippen molar-refractivity contribution in [1.82, 2.24) is 5.32 Å². The molecule has 0 heterocycles. The Morgan fingerprint density at radius 2 is 1.86 bits per heavy atom. The molecule has 0 aliphatic heterocycles. The minimum absolute atomic E-state index is 0.0536. The molecule has 4 nitrogen and oxygen atoms in total. The van der Waals surface area contributed by atoms with Gasteiger partial charge in [0.15, 0.2) is 0 Å². The van der Waals surface area contributed by atoms with Crippen molar-refractivity contribution in [3.8, 4) is 0 Å². The molecule has 1 N–H and O–H groups in total. The van der Waals surface area contributed by atoms with Gasteiger partial charge in [-0.15, -0.1) is 0 Å². The van der Waals surface area contributed by atoms with E-state index in [9.17, 15) is 9.59 Å². The van der Waals surface area contributed by atoms with E-state index in [0.717, 1.165) is 31.2 Å². The van der Waals surface area contributed by atoms with Crippen LogP contribution in [0.3, 0.4) is 0 Å². The summed E-state index contributed by atoms with van der Waals surface area (Å²) < 4.78 is 4.79. The van der Waals surface area contributed by atoms with E-state index < -0.39 is 5.97 Å². The number of amides is 1. The van der Waals surface area contributed by atoms with E-state index in [2.05, 4.69) is 5.32 Å². The van der Waals surface area contributed by atoms with Crippen molar-refractivity contribution in [2.45, 2.75) is 44.6 Å². The molecule has 1 aliphatic rings. The van der Waals surface area contributed by atoms with Crippen molar-refractivity contribution in [2.24, 2.45) is 0 Å². The maximum absolute atomic E-state index is 12.2. The summed E-state index contributed by atoms with van der Waals surface area (Å²) in [6.07, 6.45) is 7.39. The van der Waals surface area contributed by atoms with Crippen molar-refractivity contribution < 1.29 is 14.3 Å². The van der Waals surface area contributed by atoms with E-state index in [-0.39, 0.29) is 18.4 Å². The van der Waals surface area contributed by atoms with Crippen LogP contribution in [0.1, 0.15) is 44.1 Å². The molecule has 22 heavy (non-hydrogen) atoms. The fourth-order valence-electron chi connectivity index (χ4n) is 2.76. The summed E-state index contributed by atoms with van der Waals surface area (Å²) >= 11 is 0. The Kier molecular flexibility index (Phi) is 6.19. The fraction of sp³-hybridized carbons (Fsp3) is 0.444. The van der Waals surface area contributed by atoms with Crippen molar-refractivity contribution in [3.63, 3.8) is 0 Å². The molecular formula is C18H23NO3. The zero-order valence-corrected chi connectivity index (χ0v) is 13.0. The number of benzene rings is 1. The topological polar surface area (TPSA) is 55.4 Å². The Morgan fingerprint density at radius 3 is 2.50 bits per heavy atom. The first-order chi connectivity index (χ1) is 10.7. The molecule has 0 atom stereocenters. The maximum Gasteiger partial charge on any atom is 0.334 e. The summed E-state index contributed by atoms with van der Waals surface area (Å²) in [5, 5.41) is 3.03. The zero-order valence-electron chi connectivity index (χ0n) is 13.0. The number of carbonyl (C=O) groups excluding carboxylic acids is 2. The van der Waals surface area contributed by atoms with Gasteiger partial charge in [0.25, 0.3) is 0 Å². The predicted octanol–water partition coefficient (Wildman–Crippen LogP) is 3.08. The highest BCUT2D eigenvalue weighted by molar-refractivity contribution is 5.99. The number of hydrogen-bond donors (Lipinski definition) is 1. The summed E-state index contributed by atoms with van der Waals surface area (Å²) in [5.74, 6) is -0.567. The van der Waals surface area contributed by atoms with Gasteiger partial charge in [0.05, 0.1) is 13.5 Å². The minimum Gasteiger partial charge on any atom is -0.466 e. The third-order valence-electron chi connectivity index (χ3n) is 3.91. The number of esters is 1. The largest absolute Gasteiger partial charge is 0.466 e. The van der Waals surface area contributed by atoms with E-state index >= 15 is 0 Å². The van der Waals surface area contributed by atoms with Gasteiger partial charge >= 0.3 is 5.97 Å². The Balaban J connectivity index is 2.01. The molecule has 1 aromatic carbocycles. The van der Waals surface area contributed by atoms with Gasteiger partial charge in [-0.05, 0) is 24.5 Å². The Labute approximate surface area is 131 Å². The summed E-state index contributed by atoms with van der Waals surface area (Å²) in [4.78, 5) is 24.0. The van der Waals surface area contributed by atoms with E-state index in [1.165, 1.54) is 13.5 Å². The van der Waals surface area contributed by atoms with E-state index in [4.69, 9.17) is 4.74 Å². The maximum atomic E-state index is 12.2. The van der Waals surface area contributed by atoms with Crippen molar-refractivity contribution >= 4 is 18.0 Å². The number of carbonyl (C=O) groups is 2. The summed E-state index contributed by atoms with van der Waals surface area (Å²) in [5.41, 5.74) is 1.26. The quantitative estimate of drug-likeness (QED) is 0.671. The van der Waals surface area contributed by atoms with Gasteiger partial charge in [0.1, 0.15) is 0 Å². The second-order valence-corrected chi connectivity index (χ2v) is 5.65. The van der Waals surface area contributed by atoms with Crippen molar-refractivity contribution in [1.29, 1.82) is 0 Å². The lowest BCUT2D eigenvalue weighted by atomic mass is 9.95. The van der Waals surface area contributed by atoms with Crippen LogP contribution >= 0.6 is 0 Å². The third-order valence-corrected chi connectivity index (χ3v) is 3.91. The molecule has 118 valence electrons. The van der Waals surface area contributed by atoms with Crippen LogP contribution in [0, 0.1) is 0 Å². The van der Waals surface area contributed by atoms with Crippen LogP contribution < -0.4 is 5.32 Å². The van der Waals surface area contributed by atoms with E-state index in [1.54, 1.807) is 6.08 Å². The number of rotatable bonds is 5. The van der Waals surface area contributed by atoms with Gasteiger partial charge in [-0.1, -0.05) is 49.6 Å². The Bertz CT molecular complexity index is 531. The number of hydrogen-bond acceptors (Lipinski definition) is 3. The molecule has 1 aromatic rings. The van der Waals surface area contributed by atoms with Gasteiger partial charge in [0.2, 0.25) is 5.91 Å². The van der Waals surface area contributed by atoms with Crippen LogP contribution in [-0.4, -0.2) is 25.0 Å². The predicted molar refractivity (Wildman–Crippen MR) is 86.1 cm³/mol. The highest BCUT2D eigenvalue weighted by atomic mass is 16.5. The molecule has 1 aliphatic carbocycles. The van der Waals surface area contributed by atoms with Crippen molar-refractivity contribution in [2.75, 3.05) is 7.11 Å². The highest BCUT2D eigenvalue weighted by Gasteiger charge is 2.19. The number of ether oxygens (including phenoxy) is 1. The second-order valence-electron chi connectivity index (χ2n) is 5.65. The van der Waals surface area contributed by atoms with Crippen LogP contribution in [-0.2, 0) is 14.3 Å². The minimum atomic E-state index is -0.456. The second kappa shape index (κ2) is 8.37. The van der Waals surface area contributed by atoms with Gasteiger partial charge in [-0.3, -0.25) is 4.79 Å². The molecule has 2 rings (SSSR count). The van der Waals surface area contributed by atoms with E-state index in [1.807, 2.05) is 30.3 Å². The number of methoxy groups -OCH3 is 1. The molecule has 1 saturated carbocycles. The van der Waals surface area contributed by atoms with Gasteiger partial charge in [0, 0.05) is 11.6 Å². The van der Waals surface area contributed by atoms with Gasteiger partial charge in [-0.25, -0.2) is 4.79 Å². The Hall–Kier alpha value is -2.10. The molecule has 0 unspecified atom stereocenters. The SMILES string of the molecule is COC(=O)/C(=C/c1ccccc1)CC(=O)NC1CCCCC1. The monoisotopic (exact) mass is 301 g/mol. The molecule has 1 fully saturated rings. The number of nitrogens with one attached hydrogen (secondary N) is 1. The molecule has 0 spiro atoms. The summed E-state index contributed by atoms with van der Waals surface area (Å²) in [6, 6.07) is 9.72. The smallest absolute Gasteiger partial charge is 0.334 e. The van der Waals surface area contributed by atoms with E-state index in [0.29, 0.717) is 5.57 Å². The lowest BCUT2D eigenvalue weighted by Gasteiger charge is -2.22. The normalized spacial score (nSPS) is 16.1. The lowest BCUT2D eigenvalue weighted by Crippen LogP contribution is -2.36. The average molecular weight is 301 g/mol. The lowest BCUT2D eigenvalue weighted by molar-refractivity contribution is -0.137. The molecule has 4 heteroatoms. The van der Waals surface area contributed by atoms with Crippen LogP contribution in [0.5, 0.6) is 0 Å². The first kappa shape index (κ1) is 16.3. The van der Waals surface area contributed by atoms with Crippen molar-refractivity contribution in [3.05, 3.63) is 41.5 Å².